The van der Waals surface area contributed by atoms with Gasteiger partial charge in [0.2, 0.25) is 0 Å². The van der Waals surface area contributed by atoms with Crippen LogP contribution >= 0.6 is 0 Å². The first-order valence-electron chi connectivity index (χ1n) is 6.17. The first-order chi connectivity index (χ1) is 8.21. The monoisotopic (exact) mass is 233 g/mol. The van der Waals surface area contributed by atoms with E-state index in [-0.39, 0.29) is 6.61 Å². The molecule has 94 valence electrons. The zero-order chi connectivity index (χ0) is 12.7. The summed E-state index contributed by atoms with van der Waals surface area (Å²) >= 11 is 0. The Hall–Kier alpha value is -1.12. The number of nitrogens with zero attached hydrogens (tertiary/aromatic N) is 1. The van der Waals surface area contributed by atoms with Crippen LogP contribution in [0.2, 0.25) is 0 Å². The number of hydrogen-bond acceptors (Lipinski definition) is 2. The molecule has 1 atom stereocenters. The minimum Gasteiger partial charge on any atom is -0.392 e. The molecule has 1 rings (SSSR count). The summed E-state index contributed by atoms with van der Waals surface area (Å²) in [5, 5.41) is 8.93. The lowest BCUT2D eigenvalue weighted by Gasteiger charge is -2.33. The third kappa shape index (κ3) is 4.33. The number of allylic oxidation sites excluding steroid dienone is 2. The standard InChI is InChI=1S/C15H23NO/c1-4-6-14(5-2)12-16-9-7-15(8-10-17)13(3)11-16/h4-6,8,13,17H,1-2,7,9-12H2,3H3/b14-6+,15-8-. The van der Waals surface area contributed by atoms with E-state index in [1.807, 2.05) is 24.3 Å². The van der Waals surface area contributed by atoms with E-state index in [0.29, 0.717) is 5.92 Å². The summed E-state index contributed by atoms with van der Waals surface area (Å²) in [6.45, 7) is 13.0. The average Bonchev–Trinajstić information content (AvgIpc) is 2.32. The highest BCUT2D eigenvalue weighted by Crippen LogP contribution is 2.22. The molecule has 1 aliphatic rings. The summed E-state index contributed by atoms with van der Waals surface area (Å²) in [6, 6.07) is 0. The van der Waals surface area contributed by atoms with Gasteiger partial charge in [0.05, 0.1) is 6.61 Å². The second-order valence-electron chi connectivity index (χ2n) is 4.53. The maximum atomic E-state index is 8.93. The van der Waals surface area contributed by atoms with Crippen molar-refractivity contribution in [2.24, 2.45) is 5.92 Å². The molecular formula is C15H23NO. The predicted molar refractivity (Wildman–Crippen MR) is 73.9 cm³/mol. The van der Waals surface area contributed by atoms with Crippen LogP contribution in [0.3, 0.4) is 0 Å². The molecule has 0 spiro atoms. The van der Waals surface area contributed by atoms with Crippen molar-refractivity contribution in [3.63, 3.8) is 0 Å². The first-order valence-corrected chi connectivity index (χ1v) is 6.17. The Bertz CT molecular complexity index is 328. The lowest BCUT2D eigenvalue weighted by Crippen LogP contribution is -2.36. The summed E-state index contributed by atoms with van der Waals surface area (Å²) in [4.78, 5) is 2.43. The van der Waals surface area contributed by atoms with E-state index in [0.717, 1.165) is 26.1 Å². The molecule has 0 saturated carbocycles. The molecule has 1 unspecified atom stereocenters. The molecule has 1 N–H and O–H groups in total. The number of hydrogen-bond donors (Lipinski definition) is 1. The normalized spacial score (nSPS) is 24.9. The van der Waals surface area contributed by atoms with Crippen molar-refractivity contribution in [1.29, 1.82) is 0 Å². The van der Waals surface area contributed by atoms with Gasteiger partial charge in [-0.25, -0.2) is 0 Å². The molecule has 2 heteroatoms. The predicted octanol–water partition coefficient (Wildman–Crippen LogP) is 2.55. The summed E-state index contributed by atoms with van der Waals surface area (Å²) in [5.41, 5.74) is 2.60. The molecule has 2 nitrogen and oxygen atoms in total. The molecule has 1 aliphatic heterocycles. The van der Waals surface area contributed by atoms with Crippen molar-refractivity contribution in [3.8, 4) is 0 Å². The van der Waals surface area contributed by atoms with Crippen LogP contribution in [0.4, 0.5) is 0 Å². The Morgan fingerprint density at radius 1 is 1.53 bits per heavy atom. The highest BCUT2D eigenvalue weighted by atomic mass is 16.2. The van der Waals surface area contributed by atoms with Crippen LogP contribution in [0.5, 0.6) is 0 Å². The SMILES string of the molecule is C=C/C=C(\C=C)CN1CC/C(=C/CO)C(C)C1. The smallest absolute Gasteiger partial charge is 0.0615 e. The number of likely N-dealkylation sites (tertiary alicyclic amines) is 1. The Kier molecular flexibility index (Phi) is 5.95. The van der Waals surface area contributed by atoms with Crippen LogP contribution in [0, 0.1) is 5.92 Å². The number of piperidine rings is 1. The van der Waals surface area contributed by atoms with Gasteiger partial charge in [0, 0.05) is 19.6 Å². The van der Waals surface area contributed by atoms with Crippen molar-refractivity contribution in [1.82, 2.24) is 4.90 Å². The molecule has 1 heterocycles. The van der Waals surface area contributed by atoms with Crippen LogP contribution in [0.25, 0.3) is 0 Å². The van der Waals surface area contributed by atoms with Crippen molar-refractivity contribution in [2.45, 2.75) is 13.3 Å². The van der Waals surface area contributed by atoms with E-state index in [9.17, 15) is 0 Å². The average molecular weight is 233 g/mol. The largest absolute Gasteiger partial charge is 0.392 e. The molecule has 17 heavy (non-hydrogen) atoms. The second kappa shape index (κ2) is 7.25. The fraction of sp³-hybridized carbons (Fsp3) is 0.467. The third-order valence-corrected chi connectivity index (χ3v) is 3.24. The molecule has 0 aromatic carbocycles. The molecule has 0 bridgehead atoms. The van der Waals surface area contributed by atoms with Gasteiger partial charge in [0.1, 0.15) is 0 Å². The molecule has 0 amide bonds. The van der Waals surface area contributed by atoms with Gasteiger partial charge in [-0.1, -0.05) is 50.0 Å². The Morgan fingerprint density at radius 2 is 2.29 bits per heavy atom. The zero-order valence-electron chi connectivity index (χ0n) is 10.7. The molecule has 0 aromatic heterocycles. The van der Waals surface area contributed by atoms with Crippen molar-refractivity contribution in [3.05, 3.63) is 48.6 Å². The first kappa shape index (κ1) is 13.9. The van der Waals surface area contributed by atoms with E-state index < -0.39 is 0 Å². The second-order valence-corrected chi connectivity index (χ2v) is 4.53. The third-order valence-electron chi connectivity index (χ3n) is 3.24. The van der Waals surface area contributed by atoms with Crippen molar-refractivity contribution in [2.75, 3.05) is 26.2 Å². The number of aliphatic hydroxyl groups excluding tert-OH is 1. The minimum absolute atomic E-state index is 0.161. The molecular weight excluding hydrogens is 210 g/mol. The topological polar surface area (TPSA) is 23.5 Å². The summed E-state index contributed by atoms with van der Waals surface area (Å²) in [5.74, 6) is 0.533. The Morgan fingerprint density at radius 3 is 2.82 bits per heavy atom. The molecule has 0 aliphatic carbocycles. The summed E-state index contributed by atoms with van der Waals surface area (Å²) < 4.78 is 0. The van der Waals surface area contributed by atoms with E-state index >= 15 is 0 Å². The van der Waals surface area contributed by atoms with Gasteiger partial charge in [0.25, 0.3) is 0 Å². The van der Waals surface area contributed by atoms with Gasteiger partial charge in [0.15, 0.2) is 0 Å². The lowest BCUT2D eigenvalue weighted by molar-refractivity contribution is 0.237. The lowest BCUT2D eigenvalue weighted by atomic mass is 9.92. The van der Waals surface area contributed by atoms with E-state index in [1.54, 1.807) is 0 Å². The molecule has 1 saturated heterocycles. The Balaban J connectivity index is 2.55. The van der Waals surface area contributed by atoms with Crippen molar-refractivity contribution >= 4 is 0 Å². The fourth-order valence-electron chi connectivity index (χ4n) is 2.29. The molecule has 0 radical (unpaired) electrons. The van der Waals surface area contributed by atoms with E-state index in [1.165, 1.54) is 11.1 Å². The van der Waals surface area contributed by atoms with Gasteiger partial charge in [-0.3, -0.25) is 4.90 Å². The van der Waals surface area contributed by atoms with Crippen LogP contribution in [0.15, 0.2) is 48.6 Å². The number of aliphatic hydroxyl groups is 1. The van der Waals surface area contributed by atoms with Crippen molar-refractivity contribution < 1.29 is 5.11 Å². The van der Waals surface area contributed by atoms with Gasteiger partial charge < -0.3 is 5.11 Å². The molecule has 1 fully saturated rings. The van der Waals surface area contributed by atoms with Gasteiger partial charge >= 0.3 is 0 Å². The minimum atomic E-state index is 0.161. The fourth-order valence-corrected chi connectivity index (χ4v) is 2.29. The van der Waals surface area contributed by atoms with E-state index in [4.69, 9.17) is 5.11 Å². The number of rotatable bonds is 5. The van der Waals surface area contributed by atoms with Crippen LogP contribution in [0.1, 0.15) is 13.3 Å². The summed E-state index contributed by atoms with van der Waals surface area (Å²) in [6.07, 6.45) is 8.72. The maximum Gasteiger partial charge on any atom is 0.0615 e. The quantitative estimate of drug-likeness (QED) is 0.582. The highest BCUT2D eigenvalue weighted by molar-refractivity contribution is 5.23. The van der Waals surface area contributed by atoms with Crippen LogP contribution in [-0.2, 0) is 0 Å². The summed E-state index contributed by atoms with van der Waals surface area (Å²) in [7, 11) is 0. The highest BCUT2D eigenvalue weighted by Gasteiger charge is 2.20. The van der Waals surface area contributed by atoms with Gasteiger partial charge in [-0.2, -0.15) is 0 Å². The van der Waals surface area contributed by atoms with Gasteiger partial charge in [-0.15, -0.1) is 0 Å². The van der Waals surface area contributed by atoms with Crippen LogP contribution < -0.4 is 0 Å². The zero-order valence-corrected chi connectivity index (χ0v) is 10.7. The van der Waals surface area contributed by atoms with E-state index in [2.05, 4.69) is 25.0 Å². The molecule has 0 aromatic rings. The van der Waals surface area contributed by atoms with Crippen LogP contribution in [-0.4, -0.2) is 36.2 Å². The van der Waals surface area contributed by atoms with Gasteiger partial charge in [-0.05, 0) is 17.9 Å². The maximum absolute atomic E-state index is 8.93. The Labute approximate surface area is 105 Å².